The van der Waals surface area contributed by atoms with E-state index in [9.17, 15) is 5.11 Å². The zero-order valence-corrected chi connectivity index (χ0v) is 12.5. The van der Waals surface area contributed by atoms with Crippen LogP contribution in [0.4, 0.5) is 0 Å². The third kappa shape index (κ3) is 2.74. The number of benzene rings is 2. The first-order valence-electron chi connectivity index (χ1n) is 7.83. The largest absolute Gasteiger partial charge is 0.385 e. The van der Waals surface area contributed by atoms with Crippen molar-refractivity contribution in [1.29, 1.82) is 0 Å². The highest BCUT2D eigenvalue weighted by molar-refractivity contribution is 5.63. The van der Waals surface area contributed by atoms with Crippen LogP contribution in [0.25, 0.3) is 11.1 Å². The van der Waals surface area contributed by atoms with Crippen molar-refractivity contribution in [3.63, 3.8) is 0 Å². The molecule has 2 nitrogen and oxygen atoms in total. The van der Waals surface area contributed by atoms with Crippen molar-refractivity contribution in [2.24, 2.45) is 5.92 Å². The highest BCUT2D eigenvalue weighted by atomic mass is 16.3. The summed E-state index contributed by atoms with van der Waals surface area (Å²) in [6.45, 7) is 3.93. The summed E-state index contributed by atoms with van der Waals surface area (Å²) in [6, 6.07) is 18.8. The van der Waals surface area contributed by atoms with Crippen molar-refractivity contribution >= 4 is 0 Å². The number of hydrogen-bond acceptors (Lipinski definition) is 2. The lowest BCUT2D eigenvalue weighted by molar-refractivity contribution is -0.0478. The summed E-state index contributed by atoms with van der Waals surface area (Å²) in [6.07, 6.45) is 1.78. The molecule has 0 radical (unpaired) electrons. The number of aliphatic hydroxyl groups is 1. The Morgan fingerprint density at radius 3 is 2.38 bits per heavy atom. The Morgan fingerprint density at radius 2 is 1.71 bits per heavy atom. The topological polar surface area (TPSA) is 32.3 Å². The van der Waals surface area contributed by atoms with Crippen LogP contribution in [0.2, 0.25) is 0 Å². The van der Waals surface area contributed by atoms with Gasteiger partial charge in [0.05, 0.1) is 5.60 Å². The standard InChI is InChI=1S/C19H23NO/c1-2-17-14-20-13-12-19(17,21)18-10-8-16(9-11-18)15-6-4-3-5-7-15/h3-11,17,20-21H,2,12-14H2,1H3. The Hall–Kier alpha value is -1.64. The van der Waals surface area contributed by atoms with Crippen LogP contribution in [-0.4, -0.2) is 18.2 Å². The van der Waals surface area contributed by atoms with E-state index >= 15 is 0 Å². The van der Waals surface area contributed by atoms with Gasteiger partial charge < -0.3 is 10.4 Å². The average Bonchev–Trinajstić information content (AvgIpc) is 2.56. The molecule has 2 N–H and O–H groups in total. The number of nitrogens with one attached hydrogen (secondary N) is 1. The van der Waals surface area contributed by atoms with Crippen molar-refractivity contribution in [3.8, 4) is 11.1 Å². The minimum atomic E-state index is -0.685. The summed E-state index contributed by atoms with van der Waals surface area (Å²) in [5.74, 6) is 0.286. The van der Waals surface area contributed by atoms with Gasteiger partial charge in [-0.2, -0.15) is 0 Å². The van der Waals surface area contributed by atoms with Gasteiger partial charge >= 0.3 is 0 Å². The van der Waals surface area contributed by atoms with Crippen LogP contribution in [0, 0.1) is 5.92 Å². The first-order chi connectivity index (χ1) is 10.2. The zero-order valence-electron chi connectivity index (χ0n) is 12.5. The molecule has 0 aromatic heterocycles. The second-order valence-electron chi connectivity index (χ2n) is 5.93. The summed E-state index contributed by atoms with van der Waals surface area (Å²) in [5, 5.41) is 14.5. The molecule has 0 amide bonds. The minimum absolute atomic E-state index is 0.286. The van der Waals surface area contributed by atoms with E-state index < -0.39 is 5.60 Å². The van der Waals surface area contributed by atoms with E-state index in [0.29, 0.717) is 0 Å². The predicted octanol–water partition coefficient (Wildman–Crippen LogP) is 3.56. The van der Waals surface area contributed by atoms with Gasteiger partial charge in [0.2, 0.25) is 0 Å². The van der Waals surface area contributed by atoms with Crippen LogP contribution in [-0.2, 0) is 5.60 Å². The van der Waals surface area contributed by atoms with Crippen molar-refractivity contribution in [2.45, 2.75) is 25.4 Å². The first kappa shape index (κ1) is 14.3. The lowest BCUT2D eigenvalue weighted by atomic mass is 9.75. The molecule has 21 heavy (non-hydrogen) atoms. The summed E-state index contributed by atoms with van der Waals surface area (Å²) < 4.78 is 0. The van der Waals surface area contributed by atoms with Gasteiger partial charge in [0.1, 0.15) is 0 Å². The van der Waals surface area contributed by atoms with Crippen LogP contribution in [0.3, 0.4) is 0 Å². The van der Waals surface area contributed by atoms with Crippen LogP contribution in [0.15, 0.2) is 54.6 Å². The molecule has 2 unspecified atom stereocenters. The maximum Gasteiger partial charge on any atom is 0.0948 e. The van der Waals surface area contributed by atoms with Crippen molar-refractivity contribution in [2.75, 3.05) is 13.1 Å². The van der Waals surface area contributed by atoms with Crippen molar-refractivity contribution in [1.82, 2.24) is 5.32 Å². The Kier molecular flexibility index (Phi) is 4.09. The van der Waals surface area contributed by atoms with E-state index in [1.807, 2.05) is 6.07 Å². The summed E-state index contributed by atoms with van der Waals surface area (Å²) in [4.78, 5) is 0. The van der Waals surface area contributed by atoms with Gasteiger partial charge in [-0.3, -0.25) is 0 Å². The molecule has 0 spiro atoms. The molecule has 1 saturated heterocycles. The van der Waals surface area contributed by atoms with Gasteiger partial charge in [-0.25, -0.2) is 0 Å². The van der Waals surface area contributed by atoms with Gasteiger partial charge in [-0.1, -0.05) is 61.5 Å². The normalized spacial score (nSPS) is 25.7. The molecule has 1 heterocycles. The van der Waals surface area contributed by atoms with E-state index in [1.165, 1.54) is 11.1 Å². The molecule has 1 fully saturated rings. The molecule has 2 aromatic carbocycles. The molecule has 2 aromatic rings. The van der Waals surface area contributed by atoms with E-state index in [2.05, 4.69) is 60.8 Å². The molecule has 0 saturated carbocycles. The molecule has 3 rings (SSSR count). The monoisotopic (exact) mass is 281 g/mol. The fourth-order valence-electron chi connectivity index (χ4n) is 3.37. The Balaban J connectivity index is 1.90. The molecule has 0 bridgehead atoms. The number of rotatable bonds is 3. The maximum absolute atomic E-state index is 11.1. The van der Waals surface area contributed by atoms with Gasteiger partial charge in [0.25, 0.3) is 0 Å². The Morgan fingerprint density at radius 1 is 1.05 bits per heavy atom. The van der Waals surface area contributed by atoms with Crippen LogP contribution < -0.4 is 5.32 Å². The zero-order chi connectivity index (χ0) is 14.7. The van der Waals surface area contributed by atoms with E-state index in [0.717, 1.165) is 31.5 Å². The smallest absolute Gasteiger partial charge is 0.0948 e. The van der Waals surface area contributed by atoms with Crippen LogP contribution in [0.5, 0.6) is 0 Å². The predicted molar refractivity (Wildman–Crippen MR) is 87.0 cm³/mol. The molecule has 1 aliphatic heterocycles. The highest BCUT2D eigenvalue weighted by Crippen LogP contribution is 2.37. The summed E-state index contributed by atoms with van der Waals surface area (Å²) >= 11 is 0. The minimum Gasteiger partial charge on any atom is -0.385 e. The van der Waals surface area contributed by atoms with Crippen LogP contribution >= 0.6 is 0 Å². The van der Waals surface area contributed by atoms with Crippen molar-refractivity contribution < 1.29 is 5.11 Å². The molecule has 110 valence electrons. The average molecular weight is 281 g/mol. The molecule has 0 aliphatic carbocycles. The molecular weight excluding hydrogens is 258 g/mol. The molecule has 2 atom stereocenters. The van der Waals surface area contributed by atoms with Gasteiger partial charge in [0.15, 0.2) is 0 Å². The number of piperidine rings is 1. The molecule has 1 aliphatic rings. The Bertz CT molecular complexity index is 578. The fraction of sp³-hybridized carbons (Fsp3) is 0.368. The fourth-order valence-corrected chi connectivity index (χ4v) is 3.37. The van der Waals surface area contributed by atoms with Gasteiger partial charge in [0, 0.05) is 12.5 Å². The lowest BCUT2D eigenvalue weighted by Crippen LogP contribution is -2.47. The molecule has 2 heteroatoms. The SMILES string of the molecule is CCC1CNCCC1(O)c1ccc(-c2ccccc2)cc1. The van der Waals surface area contributed by atoms with Gasteiger partial charge in [-0.05, 0) is 36.1 Å². The summed E-state index contributed by atoms with van der Waals surface area (Å²) in [5.41, 5.74) is 2.78. The van der Waals surface area contributed by atoms with E-state index in [4.69, 9.17) is 0 Å². The van der Waals surface area contributed by atoms with Crippen molar-refractivity contribution in [3.05, 3.63) is 60.2 Å². The molecular formula is C19H23NO. The van der Waals surface area contributed by atoms with Crippen LogP contribution in [0.1, 0.15) is 25.3 Å². The quantitative estimate of drug-likeness (QED) is 0.901. The first-order valence-corrected chi connectivity index (χ1v) is 7.83. The summed E-state index contributed by atoms with van der Waals surface area (Å²) in [7, 11) is 0. The second kappa shape index (κ2) is 6.00. The Labute approximate surface area is 126 Å². The second-order valence-corrected chi connectivity index (χ2v) is 5.93. The number of hydrogen-bond donors (Lipinski definition) is 2. The third-order valence-corrected chi connectivity index (χ3v) is 4.73. The highest BCUT2D eigenvalue weighted by Gasteiger charge is 2.39. The van der Waals surface area contributed by atoms with Gasteiger partial charge in [-0.15, -0.1) is 0 Å². The maximum atomic E-state index is 11.1. The third-order valence-electron chi connectivity index (χ3n) is 4.73. The van der Waals surface area contributed by atoms with E-state index in [-0.39, 0.29) is 5.92 Å². The van der Waals surface area contributed by atoms with E-state index in [1.54, 1.807) is 0 Å². The lowest BCUT2D eigenvalue weighted by Gasteiger charge is -2.40.